The molecule has 0 saturated carbocycles. The van der Waals surface area contributed by atoms with Gasteiger partial charge in [0.15, 0.2) is 0 Å². The Kier molecular flexibility index (Phi) is 8.00. The van der Waals surface area contributed by atoms with Crippen molar-refractivity contribution in [3.63, 3.8) is 0 Å². The zero-order valence-corrected chi connectivity index (χ0v) is 17.8. The van der Waals surface area contributed by atoms with Crippen LogP contribution in [0.5, 0.6) is 5.75 Å². The van der Waals surface area contributed by atoms with Crippen LogP contribution in [-0.4, -0.2) is 35.4 Å². The summed E-state index contributed by atoms with van der Waals surface area (Å²) in [6.45, 7) is 16.0. The Morgan fingerprint density at radius 2 is 1.62 bits per heavy atom. The number of para-hydroxylation sites is 1. The molecular formula is C19H32O3S2. The lowest BCUT2D eigenvalue weighted by Crippen LogP contribution is -2.25. The van der Waals surface area contributed by atoms with Gasteiger partial charge in [-0.2, -0.15) is 9.06 Å². The minimum Gasteiger partial charge on any atom is -0.495 e. The first kappa shape index (κ1) is 21.2. The molecule has 24 heavy (non-hydrogen) atoms. The Balaban J connectivity index is 3.40. The lowest BCUT2D eigenvalue weighted by molar-refractivity contribution is 0.0522. The first-order valence-electron chi connectivity index (χ1n) is 8.55. The molecule has 0 radical (unpaired) electrons. The summed E-state index contributed by atoms with van der Waals surface area (Å²) < 4.78 is 10.8. The quantitative estimate of drug-likeness (QED) is 0.420. The second kappa shape index (κ2) is 9.04. The molecule has 0 aliphatic carbocycles. The highest BCUT2D eigenvalue weighted by atomic mass is 33.2. The highest BCUT2D eigenvalue weighted by Gasteiger charge is 2.37. The van der Waals surface area contributed by atoms with Gasteiger partial charge in [-0.25, -0.2) is 4.79 Å². The molecule has 3 nitrogen and oxygen atoms in total. The van der Waals surface area contributed by atoms with Gasteiger partial charge in [0, 0.05) is 0 Å². The Hall–Kier alpha value is -0.810. The summed E-state index contributed by atoms with van der Waals surface area (Å²) >= 11 is 0. The van der Waals surface area contributed by atoms with Gasteiger partial charge in [-0.15, -0.1) is 0 Å². The Labute approximate surface area is 152 Å². The monoisotopic (exact) mass is 372 g/mol. The molecule has 0 aliphatic heterocycles. The van der Waals surface area contributed by atoms with Gasteiger partial charge in [-0.05, 0) is 34.8 Å². The van der Waals surface area contributed by atoms with E-state index in [1.807, 2.05) is 23.8 Å². The fourth-order valence-electron chi connectivity index (χ4n) is 3.24. The van der Waals surface area contributed by atoms with Gasteiger partial charge < -0.3 is 9.47 Å². The van der Waals surface area contributed by atoms with Crippen LogP contribution < -0.4 is 4.74 Å². The summed E-state index contributed by atoms with van der Waals surface area (Å²) in [6, 6.07) is 5.75. The Bertz CT molecular complexity index is 532. The topological polar surface area (TPSA) is 35.5 Å². The fraction of sp³-hybridized carbons (Fsp3) is 0.632. The number of hydrogen-bond donors (Lipinski definition) is 0. The summed E-state index contributed by atoms with van der Waals surface area (Å²) in [4.78, 5) is 13.3. The first-order chi connectivity index (χ1) is 11.2. The van der Waals surface area contributed by atoms with Crippen molar-refractivity contribution in [2.24, 2.45) is 0 Å². The van der Waals surface area contributed by atoms with Gasteiger partial charge in [0.25, 0.3) is 0 Å². The van der Waals surface area contributed by atoms with Crippen molar-refractivity contribution < 1.29 is 14.3 Å². The predicted molar refractivity (Wildman–Crippen MR) is 108 cm³/mol. The van der Waals surface area contributed by atoms with E-state index in [1.165, 1.54) is 0 Å². The van der Waals surface area contributed by atoms with Crippen molar-refractivity contribution in [1.82, 2.24) is 0 Å². The maximum atomic E-state index is 12.2. The van der Waals surface area contributed by atoms with E-state index in [-0.39, 0.29) is 5.97 Å². The first-order valence-corrected chi connectivity index (χ1v) is 11.7. The zero-order valence-electron chi connectivity index (χ0n) is 16.2. The third-order valence-corrected chi connectivity index (χ3v) is 14.2. The van der Waals surface area contributed by atoms with Crippen LogP contribution in [0.1, 0.15) is 58.8 Å². The SMILES string of the molecule is CCOC(=O)c1cccc(SS(C(C)C)(C(C)C)C(C)C)c1OC. The average Bonchev–Trinajstić information content (AvgIpc) is 2.51. The molecule has 0 fully saturated rings. The minimum absolute atomic E-state index is 0.323. The molecule has 0 amide bonds. The molecule has 0 saturated heterocycles. The zero-order chi connectivity index (χ0) is 18.5. The molecular weight excluding hydrogens is 340 g/mol. The standard InChI is InChI=1S/C19H32O3S2/c1-9-22-19(20)16-11-10-12-17(18(16)21-8)23-24(13(2)3,14(4)5)15(6)7/h10-15H,9H2,1-8H3. The van der Waals surface area contributed by atoms with Crippen LogP contribution in [0, 0.1) is 0 Å². The number of carbonyl (C=O) groups excluding carboxylic acids is 1. The smallest absolute Gasteiger partial charge is 0.341 e. The molecule has 0 N–H and O–H groups in total. The molecule has 0 bridgehead atoms. The van der Waals surface area contributed by atoms with E-state index in [4.69, 9.17) is 9.47 Å². The van der Waals surface area contributed by atoms with Crippen molar-refractivity contribution in [3.8, 4) is 5.75 Å². The van der Waals surface area contributed by atoms with Crippen LogP contribution in [-0.2, 0) is 4.74 Å². The van der Waals surface area contributed by atoms with E-state index in [0.29, 0.717) is 33.7 Å². The predicted octanol–water partition coefficient (Wildman–Crippen LogP) is 5.91. The Morgan fingerprint density at radius 3 is 2.04 bits per heavy atom. The minimum atomic E-state index is -1.00. The fourth-order valence-corrected chi connectivity index (χ4v) is 10.9. The molecule has 138 valence electrons. The van der Waals surface area contributed by atoms with E-state index in [1.54, 1.807) is 13.2 Å². The van der Waals surface area contributed by atoms with Gasteiger partial charge >= 0.3 is 5.97 Å². The van der Waals surface area contributed by atoms with Gasteiger partial charge in [0.1, 0.15) is 11.3 Å². The summed E-state index contributed by atoms with van der Waals surface area (Å²) in [5, 5.41) is 1.70. The second-order valence-electron chi connectivity index (χ2n) is 6.48. The summed E-state index contributed by atoms with van der Waals surface area (Å²) in [7, 11) is 2.53. The van der Waals surface area contributed by atoms with Crippen molar-refractivity contribution in [1.29, 1.82) is 0 Å². The van der Waals surface area contributed by atoms with Crippen LogP contribution in [0.2, 0.25) is 0 Å². The summed E-state index contributed by atoms with van der Waals surface area (Å²) in [6.07, 6.45) is 0. The van der Waals surface area contributed by atoms with Crippen LogP contribution in [0.15, 0.2) is 23.1 Å². The summed E-state index contributed by atoms with van der Waals surface area (Å²) in [5.74, 6) is 0.316. The number of methoxy groups -OCH3 is 1. The maximum absolute atomic E-state index is 12.2. The number of hydrogen-bond acceptors (Lipinski definition) is 4. The molecule has 1 aromatic rings. The summed E-state index contributed by atoms with van der Waals surface area (Å²) in [5.41, 5.74) is 0.508. The highest BCUT2D eigenvalue weighted by Crippen LogP contribution is 2.72. The lowest BCUT2D eigenvalue weighted by Gasteiger charge is -2.50. The van der Waals surface area contributed by atoms with Gasteiger partial charge in [-0.3, -0.25) is 0 Å². The molecule has 1 rings (SSSR count). The molecule has 1 aromatic carbocycles. The van der Waals surface area contributed by atoms with Crippen molar-refractivity contribution in [2.45, 2.75) is 69.1 Å². The van der Waals surface area contributed by atoms with E-state index < -0.39 is 9.06 Å². The van der Waals surface area contributed by atoms with E-state index in [9.17, 15) is 4.79 Å². The van der Waals surface area contributed by atoms with Gasteiger partial charge in [0.05, 0.1) is 18.6 Å². The van der Waals surface area contributed by atoms with Crippen LogP contribution in [0.4, 0.5) is 0 Å². The Morgan fingerprint density at radius 1 is 1.08 bits per heavy atom. The van der Waals surface area contributed by atoms with Gasteiger partial charge in [-0.1, -0.05) is 58.4 Å². The number of benzene rings is 1. The lowest BCUT2D eigenvalue weighted by atomic mass is 10.2. The van der Waals surface area contributed by atoms with Gasteiger partial charge in [0.2, 0.25) is 0 Å². The number of carbonyl (C=O) groups is 1. The number of rotatable bonds is 8. The normalized spacial score (nSPS) is 12.8. The van der Waals surface area contributed by atoms with Crippen LogP contribution >= 0.6 is 19.9 Å². The molecule has 0 atom stereocenters. The third kappa shape index (κ3) is 4.23. The van der Waals surface area contributed by atoms with E-state index in [2.05, 4.69) is 47.6 Å². The van der Waals surface area contributed by atoms with Crippen LogP contribution in [0.25, 0.3) is 0 Å². The van der Waals surface area contributed by atoms with Crippen molar-refractivity contribution >= 4 is 25.8 Å². The molecule has 0 spiro atoms. The molecule has 0 unspecified atom stereocenters. The average molecular weight is 373 g/mol. The number of esters is 1. The maximum Gasteiger partial charge on any atom is 0.341 e. The third-order valence-electron chi connectivity index (χ3n) is 4.12. The second-order valence-corrected chi connectivity index (χ2v) is 13.5. The van der Waals surface area contributed by atoms with Crippen molar-refractivity contribution in [3.05, 3.63) is 23.8 Å². The van der Waals surface area contributed by atoms with Crippen molar-refractivity contribution in [2.75, 3.05) is 13.7 Å². The highest BCUT2D eigenvalue weighted by molar-refractivity contribution is 8.94. The molecule has 5 heteroatoms. The largest absolute Gasteiger partial charge is 0.495 e. The molecule has 0 aromatic heterocycles. The van der Waals surface area contributed by atoms with E-state index in [0.717, 1.165) is 4.90 Å². The molecule has 0 heterocycles. The molecule has 0 aliphatic rings. The number of ether oxygens (including phenoxy) is 2. The van der Waals surface area contributed by atoms with Crippen LogP contribution in [0.3, 0.4) is 0 Å². The van der Waals surface area contributed by atoms with E-state index >= 15 is 0 Å².